The second-order valence-corrected chi connectivity index (χ2v) is 6.72. The van der Waals surface area contributed by atoms with Crippen molar-refractivity contribution >= 4 is 45.1 Å². The van der Waals surface area contributed by atoms with Gasteiger partial charge in [0.2, 0.25) is 0 Å². The van der Waals surface area contributed by atoms with Gasteiger partial charge in [-0.25, -0.2) is 0 Å². The van der Waals surface area contributed by atoms with Crippen molar-refractivity contribution < 1.29 is 14.6 Å². The molecule has 0 atom stereocenters. The maximum absolute atomic E-state index is 13.0. The molecule has 0 aliphatic carbocycles. The number of benzene rings is 2. The quantitative estimate of drug-likeness (QED) is 0.665. The molecule has 0 amide bonds. The molecule has 2 N–H and O–H groups in total. The van der Waals surface area contributed by atoms with Crippen molar-refractivity contribution in [3.05, 3.63) is 45.6 Å². The van der Waals surface area contributed by atoms with E-state index in [2.05, 4.69) is 5.32 Å². The number of carboxylic acid groups (broad SMARTS) is 1. The molecule has 136 valence electrons. The van der Waals surface area contributed by atoms with E-state index >= 15 is 0 Å². The van der Waals surface area contributed by atoms with Gasteiger partial charge in [-0.3, -0.25) is 9.59 Å². The average Bonchev–Trinajstić information content (AvgIpc) is 2.57. The fraction of sp³-hybridized carbons (Fsp3) is 0.263. The number of aliphatic carboxylic acids is 1. The van der Waals surface area contributed by atoms with E-state index in [0.717, 1.165) is 5.69 Å². The van der Waals surface area contributed by atoms with Crippen LogP contribution in [0.1, 0.15) is 13.8 Å². The molecule has 7 heteroatoms. The summed E-state index contributed by atoms with van der Waals surface area (Å²) in [7, 11) is 1.44. The van der Waals surface area contributed by atoms with E-state index in [4.69, 9.17) is 16.3 Å². The molecule has 0 radical (unpaired) electrons. The van der Waals surface area contributed by atoms with Gasteiger partial charge in [0.25, 0.3) is 0 Å². The fourth-order valence-corrected chi connectivity index (χ4v) is 3.36. The summed E-state index contributed by atoms with van der Waals surface area (Å²) >= 11 is 6.22. The number of fused-ring (bicyclic) bond motifs is 2. The van der Waals surface area contributed by atoms with E-state index in [0.29, 0.717) is 26.8 Å². The highest BCUT2D eigenvalue weighted by Crippen LogP contribution is 2.34. The van der Waals surface area contributed by atoms with E-state index in [9.17, 15) is 14.7 Å². The van der Waals surface area contributed by atoms with Crippen molar-refractivity contribution in [3.8, 4) is 5.75 Å². The number of nitrogens with zero attached hydrogens (tertiary/aromatic N) is 1. The van der Waals surface area contributed by atoms with Crippen LogP contribution in [0.5, 0.6) is 5.75 Å². The number of hydrogen-bond acceptors (Lipinski definition) is 4. The van der Waals surface area contributed by atoms with E-state index in [1.54, 1.807) is 28.8 Å². The third-order valence-corrected chi connectivity index (χ3v) is 4.38. The Kier molecular flexibility index (Phi) is 4.78. The van der Waals surface area contributed by atoms with Crippen LogP contribution < -0.4 is 15.5 Å². The summed E-state index contributed by atoms with van der Waals surface area (Å²) in [6.45, 7) is 3.67. The van der Waals surface area contributed by atoms with Crippen LogP contribution in [0.25, 0.3) is 21.8 Å². The first-order valence-electron chi connectivity index (χ1n) is 8.14. The molecule has 1 aromatic heterocycles. The lowest BCUT2D eigenvalue weighted by atomic mass is 10.1. The Morgan fingerprint density at radius 1 is 1.27 bits per heavy atom. The molecule has 0 saturated carbocycles. The molecule has 0 saturated heterocycles. The Labute approximate surface area is 154 Å². The highest BCUT2D eigenvalue weighted by atomic mass is 35.5. The smallest absolute Gasteiger partial charge is 0.323 e. The van der Waals surface area contributed by atoms with Crippen LogP contribution >= 0.6 is 11.6 Å². The van der Waals surface area contributed by atoms with Gasteiger partial charge in [0.05, 0.1) is 28.6 Å². The number of nitrogens with one attached hydrogen (secondary N) is 1. The Hall–Kier alpha value is -2.73. The Balaban J connectivity index is 2.50. The summed E-state index contributed by atoms with van der Waals surface area (Å²) in [6.07, 6.45) is 0. The largest absolute Gasteiger partial charge is 0.493 e. The third-order valence-electron chi connectivity index (χ3n) is 4.08. The highest BCUT2D eigenvalue weighted by molar-refractivity contribution is 6.33. The third kappa shape index (κ3) is 3.08. The van der Waals surface area contributed by atoms with Crippen molar-refractivity contribution in [1.82, 2.24) is 4.57 Å². The normalized spacial score (nSPS) is 11.3. The lowest BCUT2D eigenvalue weighted by Crippen LogP contribution is -2.17. The molecule has 26 heavy (non-hydrogen) atoms. The molecule has 0 aliphatic rings. The lowest BCUT2D eigenvalue weighted by molar-refractivity contribution is -0.137. The number of rotatable bonds is 5. The Morgan fingerprint density at radius 2 is 1.96 bits per heavy atom. The number of methoxy groups -OCH3 is 1. The summed E-state index contributed by atoms with van der Waals surface area (Å²) in [6, 6.07) is 8.67. The first-order chi connectivity index (χ1) is 12.3. The minimum Gasteiger partial charge on any atom is -0.493 e. The standard InChI is InChI=1S/C19H19ClN2O4/c1-10(2)21-11-4-5-12-15(8-11)22(9-16(23)24)17-13(18(12)25)6-7-14(20)19(17)26-3/h4-8,10,21H,9H2,1-3H3,(H,23,24). The Morgan fingerprint density at radius 3 is 2.58 bits per heavy atom. The van der Waals surface area contributed by atoms with E-state index in [1.807, 2.05) is 19.9 Å². The topological polar surface area (TPSA) is 80.6 Å². The molecule has 0 spiro atoms. The molecular formula is C19H19ClN2O4. The van der Waals surface area contributed by atoms with Crippen molar-refractivity contribution in [2.75, 3.05) is 12.4 Å². The second kappa shape index (κ2) is 6.88. The van der Waals surface area contributed by atoms with Crippen LogP contribution in [-0.4, -0.2) is 28.8 Å². The number of hydrogen-bond donors (Lipinski definition) is 2. The summed E-state index contributed by atoms with van der Waals surface area (Å²) in [5, 5.41) is 13.8. The van der Waals surface area contributed by atoms with Crippen LogP contribution in [0.3, 0.4) is 0 Å². The van der Waals surface area contributed by atoms with Crippen LogP contribution in [-0.2, 0) is 11.3 Å². The Bertz CT molecular complexity index is 1070. The second-order valence-electron chi connectivity index (χ2n) is 6.32. The SMILES string of the molecule is COc1c(Cl)ccc2c(=O)c3ccc(NC(C)C)cc3n(CC(=O)O)c12. The average molecular weight is 375 g/mol. The monoisotopic (exact) mass is 374 g/mol. The molecule has 2 aromatic carbocycles. The van der Waals surface area contributed by atoms with Crippen LogP contribution in [0.4, 0.5) is 5.69 Å². The first kappa shape index (κ1) is 18.1. The van der Waals surface area contributed by atoms with Crippen molar-refractivity contribution in [3.63, 3.8) is 0 Å². The lowest BCUT2D eigenvalue weighted by Gasteiger charge is -2.18. The molecule has 3 rings (SSSR count). The van der Waals surface area contributed by atoms with E-state index in [-0.39, 0.29) is 23.8 Å². The van der Waals surface area contributed by atoms with Gasteiger partial charge in [-0.15, -0.1) is 0 Å². The number of aromatic nitrogens is 1. The van der Waals surface area contributed by atoms with Gasteiger partial charge in [-0.1, -0.05) is 11.6 Å². The maximum Gasteiger partial charge on any atom is 0.323 e. The van der Waals surface area contributed by atoms with E-state index < -0.39 is 5.97 Å². The summed E-state index contributed by atoms with van der Waals surface area (Å²) < 4.78 is 6.94. The molecule has 0 fully saturated rings. The molecule has 0 aliphatic heterocycles. The van der Waals surface area contributed by atoms with Crippen LogP contribution in [0, 0.1) is 0 Å². The molecule has 3 aromatic rings. The van der Waals surface area contributed by atoms with Crippen molar-refractivity contribution in [1.29, 1.82) is 0 Å². The zero-order valence-corrected chi connectivity index (χ0v) is 15.4. The maximum atomic E-state index is 13.0. The van der Waals surface area contributed by atoms with Gasteiger partial charge in [-0.05, 0) is 44.2 Å². The first-order valence-corrected chi connectivity index (χ1v) is 8.52. The predicted octanol–water partition coefficient (Wildman–Crippen LogP) is 3.72. The minimum absolute atomic E-state index is 0.191. The van der Waals surface area contributed by atoms with E-state index in [1.165, 1.54) is 7.11 Å². The minimum atomic E-state index is -1.03. The molecule has 0 unspecified atom stereocenters. The fourth-order valence-electron chi connectivity index (χ4n) is 3.13. The van der Waals surface area contributed by atoms with Crippen LogP contribution in [0.2, 0.25) is 5.02 Å². The van der Waals surface area contributed by atoms with Crippen LogP contribution in [0.15, 0.2) is 35.1 Å². The zero-order chi connectivity index (χ0) is 19.0. The van der Waals surface area contributed by atoms with Gasteiger partial charge >= 0.3 is 5.97 Å². The molecule has 1 heterocycles. The van der Waals surface area contributed by atoms with Gasteiger partial charge in [-0.2, -0.15) is 0 Å². The number of anilines is 1. The van der Waals surface area contributed by atoms with Gasteiger partial charge in [0.1, 0.15) is 6.54 Å². The zero-order valence-electron chi connectivity index (χ0n) is 14.7. The molecule has 0 bridgehead atoms. The van der Waals surface area contributed by atoms with Gasteiger partial charge in [0.15, 0.2) is 11.2 Å². The van der Waals surface area contributed by atoms with Gasteiger partial charge < -0.3 is 19.7 Å². The summed E-state index contributed by atoms with van der Waals surface area (Å²) in [5.74, 6) is -0.743. The highest BCUT2D eigenvalue weighted by Gasteiger charge is 2.18. The number of carbonyl (C=O) groups is 1. The van der Waals surface area contributed by atoms with Crippen molar-refractivity contribution in [2.24, 2.45) is 0 Å². The number of ether oxygens (including phenoxy) is 1. The van der Waals surface area contributed by atoms with Crippen molar-refractivity contribution in [2.45, 2.75) is 26.4 Å². The summed E-state index contributed by atoms with van der Waals surface area (Å²) in [4.78, 5) is 24.5. The predicted molar refractivity (Wildman–Crippen MR) is 104 cm³/mol. The molecule has 6 nitrogen and oxygen atoms in total. The number of pyridine rings is 1. The molecular weight excluding hydrogens is 356 g/mol. The number of halogens is 1. The van der Waals surface area contributed by atoms with Gasteiger partial charge in [0, 0.05) is 17.1 Å². The summed E-state index contributed by atoms with van der Waals surface area (Å²) in [5.41, 5.74) is 1.49. The number of carboxylic acids is 1.